The highest BCUT2D eigenvalue weighted by molar-refractivity contribution is 5.88. The first-order valence-corrected chi connectivity index (χ1v) is 8.31. The van der Waals surface area contributed by atoms with Crippen LogP contribution in [0.5, 0.6) is 0 Å². The molecule has 0 radical (unpaired) electrons. The number of aromatic amines is 1. The maximum absolute atomic E-state index is 12.2. The fourth-order valence-electron chi connectivity index (χ4n) is 3.56. The molecule has 2 aromatic rings. The van der Waals surface area contributed by atoms with Gasteiger partial charge in [0.15, 0.2) is 0 Å². The summed E-state index contributed by atoms with van der Waals surface area (Å²) in [4.78, 5) is 19.7. The van der Waals surface area contributed by atoms with Crippen LogP contribution >= 0.6 is 0 Å². The number of rotatable bonds is 2. The molecule has 0 bridgehead atoms. The van der Waals surface area contributed by atoms with Gasteiger partial charge in [-0.25, -0.2) is 0 Å². The van der Waals surface area contributed by atoms with E-state index in [4.69, 9.17) is 4.74 Å². The molecule has 0 spiro atoms. The Morgan fingerprint density at radius 3 is 2.96 bits per heavy atom. The van der Waals surface area contributed by atoms with Crippen molar-refractivity contribution in [3.8, 4) is 0 Å². The highest BCUT2D eigenvalue weighted by Gasteiger charge is 2.25. The largest absolute Gasteiger partial charge is 0.495 e. The summed E-state index contributed by atoms with van der Waals surface area (Å²) in [5, 5.41) is 3.99. The Bertz CT molecular complexity index is 819. The van der Waals surface area contributed by atoms with Gasteiger partial charge in [-0.15, -0.1) is 0 Å². The third kappa shape index (κ3) is 2.65. The van der Waals surface area contributed by atoms with Crippen molar-refractivity contribution in [2.45, 2.75) is 38.2 Å². The summed E-state index contributed by atoms with van der Waals surface area (Å²) >= 11 is 0. The van der Waals surface area contributed by atoms with Crippen molar-refractivity contribution in [3.63, 3.8) is 0 Å². The van der Waals surface area contributed by atoms with Crippen LogP contribution in [-0.4, -0.2) is 29.2 Å². The molecular weight excluding hydrogens is 290 g/mol. The molecule has 1 unspecified atom stereocenters. The molecule has 23 heavy (non-hydrogen) atoms. The van der Waals surface area contributed by atoms with Gasteiger partial charge in [-0.1, -0.05) is 6.92 Å². The predicted molar refractivity (Wildman–Crippen MR) is 90.3 cm³/mol. The topological polar surface area (TPSA) is 67.0 Å². The number of ether oxygens (including phenoxy) is 1. The predicted octanol–water partition coefficient (Wildman–Crippen LogP) is 2.54. The van der Waals surface area contributed by atoms with Crippen molar-refractivity contribution in [3.05, 3.63) is 45.7 Å². The minimum absolute atomic E-state index is 0.0603. The molecule has 5 heteroatoms. The molecule has 120 valence electrons. The molecule has 1 atom stereocenters. The Kier molecular flexibility index (Phi) is 3.65. The molecule has 1 aliphatic heterocycles. The minimum Gasteiger partial charge on any atom is -0.495 e. The van der Waals surface area contributed by atoms with Gasteiger partial charge in [0.1, 0.15) is 6.10 Å². The van der Waals surface area contributed by atoms with Crippen molar-refractivity contribution in [2.75, 3.05) is 13.1 Å². The number of hydrogen-bond donors (Lipinski definition) is 2. The Balaban J connectivity index is 1.76. The molecule has 1 fully saturated rings. The van der Waals surface area contributed by atoms with Crippen molar-refractivity contribution in [1.82, 2.24) is 15.3 Å². The average Bonchev–Trinajstić information content (AvgIpc) is 2.57. The number of aromatic nitrogens is 2. The monoisotopic (exact) mass is 311 g/mol. The molecule has 5 nitrogen and oxygen atoms in total. The number of piperidine rings is 1. The van der Waals surface area contributed by atoms with Gasteiger partial charge in [-0.2, -0.15) is 0 Å². The summed E-state index contributed by atoms with van der Waals surface area (Å²) < 4.78 is 6.24. The van der Waals surface area contributed by atoms with Crippen LogP contribution in [0.1, 0.15) is 43.4 Å². The highest BCUT2D eigenvalue weighted by Crippen LogP contribution is 2.35. The molecule has 2 aromatic heterocycles. The fourth-order valence-corrected chi connectivity index (χ4v) is 3.56. The van der Waals surface area contributed by atoms with Gasteiger partial charge in [0.05, 0.1) is 16.7 Å². The number of nitrogens with one attached hydrogen (secondary N) is 2. The lowest BCUT2D eigenvalue weighted by molar-refractivity contribution is 0.0824. The summed E-state index contributed by atoms with van der Waals surface area (Å²) in [6.07, 6.45) is 7.01. The maximum Gasteiger partial charge on any atom is 0.257 e. The third-order valence-corrected chi connectivity index (χ3v) is 4.76. The maximum atomic E-state index is 12.2. The van der Waals surface area contributed by atoms with Crippen molar-refractivity contribution in [2.24, 2.45) is 0 Å². The van der Waals surface area contributed by atoms with Gasteiger partial charge in [0, 0.05) is 29.8 Å². The lowest BCUT2D eigenvalue weighted by Crippen LogP contribution is -2.32. The zero-order chi connectivity index (χ0) is 15.8. The van der Waals surface area contributed by atoms with Crippen molar-refractivity contribution in [1.29, 1.82) is 0 Å². The van der Waals surface area contributed by atoms with Crippen LogP contribution in [0.15, 0.2) is 28.9 Å². The smallest absolute Gasteiger partial charge is 0.257 e. The van der Waals surface area contributed by atoms with E-state index in [-0.39, 0.29) is 11.5 Å². The zero-order valence-corrected chi connectivity index (χ0v) is 13.3. The molecule has 0 aromatic carbocycles. The van der Waals surface area contributed by atoms with E-state index in [9.17, 15) is 4.79 Å². The van der Waals surface area contributed by atoms with Gasteiger partial charge in [0.2, 0.25) is 0 Å². The molecule has 1 aliphatic carbocycles. The quantitative estimate of drug-likeness (QED) is 0.894. The van der Waals surface area contributed by atoms with Gasteiger partial charge >= 0.3 is 0 Å². The normalized spacial score (nSPS) is 21.8. The number of allylic oxidation sites excluding steroid dienone is 1. The van der Waals surface area contributed by atoms with E-state index in [0.29, 0.717) is 11.5 Å². The van der Waals surface area contributed by atoms with Gasteiger partial charge in [0.25, 0.3) is 5.56 Å². The van der Waals surface area contributed by atoms with Crippen LogP contribution in [0.3, 0.4) is 0 Å². The summed E-state index contributed by atoms with van der Waals surface area (Å²) in [6, 6.07) is 3.62. The SMILES string of the molecule is CC1CC(OC2CCNCC2)=Cc2c1[nH]c(=O)c1cccnc21. The summed E-state index contributed by atoms with van der Waals surface area (Å²) in [5.74, 6) is 1.24. The molecule has 0 saturated carbocycles. The average molecular weight is 311 g/mol. The van der Waals surface area contributed by atoms with E-state index in [1.807, 2.05) is 6.07 Å². The van der Waals surface area contributed by atoms with Crippen LogP contribution in [0, 0.1) is 0 Å². The first-order valence-electron chi connectivity index (χ1n) is 8.31. The minimum atomic E-state index is -0.0603. The molecular formula is C18H21N3O2. The second kappa shape index (κ2) is 5.81. The molecule has 4 rings (SSSR count). The van der Waals surface area contributed by atoms with Gasteiger partial charge < -0.3 is 15.0 Å². The van der Waals surface area contributed by atoms with Gasteiger partial charge in [-0.3, -0.25) is 9.78 Å². The number of pyridine rings is 2. The van der Waals surface area contributed by atoms with Crippen LogP contribution in [-0.2, 0) is 4.74 Å². The van der Waals surface area contributed by atoms with Crippen molar-refractivity contribution >= 4 is 17.0 Å². The number of hydrogen-bond acceptors (Lipinski definition) is 4. The summed E-state index contributed by atoms with van der Waals surface area (Å²) in [6.45, 7) is 4.16. The Labute approximate surface area is 134 Å². The van der Waals surface area contributed by atoms with E-state index in [0.717, 1.165) is 54.9 Å². The second-order valence-corrected chi connectivity index (χ2v) is 6.46. The van der Waals surface area contributed by atoms with E-state index in [1.165, 1.54) is 0 Å². The van der Waals surface area contributed by atoms with Crippen LogP contribution in [0.4, 0.5) is 0 Å². The highest BCUT2D eigenvalue weighted by atomic mass is 16.5. The lowest BCUT2D eigenvalue weighted by Gasteiger charge is -2.29. The fraction of sp³-hybridized carbons (Fsp3) is 0.444. The Morgan fingerprint density at radius 1 is 1.30 bits per heavy atom. The molecule has 2 N–H and O–H groups in total. The van der Waals surface area contributed by atoms with Crippen LogP contribution < -0.4 is 10.9 Å². The van der Waals surface area contributed by atoms with Crippen LogP contribution in [0.25, 0.3) is 17.0 Å². The van der Waals surface area contributed by atoms with E-state index in [1.54, 1.807) is 12.3 Å². The number of fused-ring (bicyclic) bond motifs is 3. The summed E-state index contributed by atoms with van der Waals surface area (Å²) in [7, 11) is 0. The second-order valence-electron chi connectivity index (χ2n) is 6.46. The Morgan fingerprint density at radius 2 is 2.13 bits per heavy atom. The third-order valence-electron chi connectivity index (χ3n) is 4.76. The standard InChI is InChI=1S/C18H21N3O2/c1-11-9-13(23-12-4-7-19-8-5-12)10-15-16(11)21-18(22)14-3-2-6-20-17(14)15/h2-3,6,10-12,19H,4-5,7-9H2,1H3,(H,21,22). The summed E-state index contributed by atoms with van der Waals surface area (Å²) in [5.41, 5.74) is 2.68. The number of nitrogens with zero attached hydrogens (tertiary/aromatic N) is 1. The molecule has 2 aliphatic rings. The van der Waals surface area contributed by atoms with E-state index < -0.39 is 0 Å². The zero-order valence-electron chi connectivity index (χ0n) is 13.3. The molecule has 3 heterocycles. The van der Waals surface area contributed by atoms with E-state index >= 15 is 0 Å². The van der Waals surface area contributed by atoms with Gasteiger partial charge in [-0.05, 0) is 44.1 Å². The number of H-pyrrole nitrogens is 1. The van der Waals surface area contributed by atoms with E-state index in [2.05, 4.69) is 28.3 Å². The molecule has 0 amide bonds. The first-order chi connectivity index (χ1) is 11.2. The Hall–Kier alpha value is -2.14. The lowest BCUT2D eigenvalue weighted by atomic mass is 9.90. The van der Waals surface area contributed by atoms with Crippen molar-refractivity contribution < 1.29 is 4.74 Å². The first kappa shape index (κ1) is 14.5. The van der Waals surface area contributed by atoms with Crippen LogP contribution in [0.2, 0.25) is 0 Å². The molecule has 1 saturated heterocycles.